The van der Waals surface area contributed by atoms with Gasteiger partial charge in [0.1, 0.15) is 0 Å². The van der Waals surface area contributed by atoms with E-state index in [1.807, 2.05) is 32.0 Å². The van der Waals surface area contributed by atoms with Crippen molar-refractivity contribution in [3.05, 3.63) is 29.3 Å². The Hall–Kier alpha value is -1.51. The molecule has 3 nitrogen and oxygen atoms in total. The van der Waals surface area contributed by atoms with Gasteiger partial charge in [-0.15, -0.1) is 0 Å². The summed E-state index contributed by atoms with van der Waals surface area (Å²) in [6.45, 7) is 5.71. The minimum atomic E-state index is 0.0407. The van der Waals surface area contributed by atoms with Gasteiger partial charge in [-0.1, -0.05) is 31.7 Å². The minimum Gasteiger partial charge on any atom is -0.385 e. The van der Waals surface area contributed by atoms with Gasteiger partial charge in [-0.3, -0.25) is 4.79 Å². The van der Waals surface area contributed by atoms with Crippen LogP contribution in [-0.2, 0) is 0 Å². The molecular formula is C17H26N2O. The summed E-state index contributed by atoms with van der Waals surface area (Å²) in [5, 5.41) is 6.33. The molecule has 0 radical (unpaired) electrons. The van der Waals surface area contributed by atoms with Gasteiger partial charge >= 0.3 is 0 Å². The summed E-state index contributed by atoms with van der Waals surface area (Å²) in [5.74, 6) is 0.862. The van der Waals surface area contributed by atoms with E-state index in [1.54, 1.807) is 0 Å². The Balaban J connectivity index is 1.90. The first-order valence-electron chi connectivity index (χ1n) is 7.83. The maximum atomic E-state index is 12.3. The summed E-state index contributed by atoms with van der Waals surface area (Å²) >= 11 is 0. The lowest BCUT2D eigenvalue weighted by Crippen LogP contribution is -2.26. The first-order chi connectivity index (χ1) is 9.70. The number of nitrogens with one attached hydrogen (secondary N) is 2. The van der Waals surface area contributed by atoms with Gasteiger partial charge in [0.25, 0.3) is 5.91 Å². The minimum absolute atomic E-state index is 0.0407. The third-order valence-electron chi connectivity index (χ3n) is 4.10. The van der Waals surface area contributed by atoms with Crippen LogP contribution in [0.2, 0.25) is 0 Å². The molecular weight excluding hydrogens is 248 g/mol. The lowest BCUT2D eigenvalue weighted by molar-refractivity contribution is 0.0952. The van der Waals surface area contributed by atoms with Crippen molar-refractivity contribution in [1.29, 1.82) is 0 Å². The molecule has 3 heteroatoms. The van der Waals surface area contributed by atoms with Crippen molar-refractivity contribution in [2.45, 2.75) is 46.0 Å². The second-order valence-electron chi connectivity index (χ2n) is 5.77. The zero-order chi connectivity index (χ0) is 14.4. The van der Waals surface area contributed by atoms with Crippen LogP contribution >= 0.6 is 0 Å². The number of hydrogen-bond acceptors (Lipinski definition) is 2. The van der Waals surface area contributed by atoms with E-state index in [0.29, 0.717) is 0 Å². The van der Waals surface area contributed by atoms with Crippen molar-refractivity contribution in [1.82, 2.24) is 5.32 Å². The molecule has 0 atom stereocenters. The van der Waals surface area contributed by atoms with E-state index in [2.05, 4.69) is 10.6 Å². The van der Waals surface area contributed by atoms with Crippen molar-refractivity contribution >= 4 is 11.6 Å². The quantitative estimate of drug-likeness (QED) is 0.829. The summed E-state index contributed by atoms with van der Waals surface area (Å²) in [6, 6.07) is 5.94. The topological polar surface area (TPSA) is 41.1 Å². The monoisotopic (exact) mass is 274 g/mol. The third kappa shape index (κ3) is 3.99. The van der Waals surface area contributed by atoms with E-state index in [-0.39, 0.29) is 5.91 Å². The molecule has 0 saturated heterocycles. The molecule has 20 heavy (non-hydrogen) atoms. The number of hydrogen-bond donors (Lipinski definition) is 2. The molecule has 0 bridgehead atoms. The van der Waals surface area contributed by atoms with Crippen LogP contribution in [0.3, 0.4) is 0 Å². The molecule has 0 spiro atoms. The SMILES string of the molecule is CCNc1cc(C)ccc1C(=O)NCCC1CCCC1. The molecule has 1 aromatic carbocycles. The van der Waals surface area contributed by atoms with Gasteiger partial charge in [0, 0.05) is 18.8 Å². The van der Waals surface area contributed by atoms with Crippen molar-refractivity contribution in [3.63, 3.8) is 0 Å². The standard InChI is InChI=1S/C17H26N2O/c1-3-18-16-12-13(2)8-9-15(16)17(20)19-11-10-14-6-4-5-7-14/h8-9,12,14,18H,3-7,10-11H2,1-2H3,(H,19,20). The fourth-order valence-electron chi connectivity index (χ4n) is 2.98. The molecule has 1 aromatic rings. The molecule has 1 saturated carbocycles. The van der Waals surface area contributed by atoms with Crippen LogP contribution in [0.5, 0.6) is 0 Å². The summed E-state index contributed by atoms with van der Waals surface area (Å²) < 4.78 is 0. The summed E-state index contributed by atoms with van der Waals surface area (Å²) in [5.41, 5.74) is 2.86. The lowest BCUT2D eigenvalue weighted by Gasteiger charge is -2.13. The predicted octanol–water partition coefficient (Wildman–Crippen LogP) is 3.74. The van der Waals surface area contributed by atoms with E-state index in [0.717, 1.165) is 36.7 Å². The average molecular weight is 274 g/mol. The van der Waals surface area contributed by atoms with Crippen LogP contribution in [0.4, 0.5) is 5.69 Å². The van der Waals surface area contributed by atoms with Crippen molar-refractivity contribution < 1.29 is 4.79 Å². The van der Waals surface area contributed by atoms with Crippen molar-refractivity contribution in [3.8, 4) is 0 Å². The molecule has 110 valence electrons. The van der Waals surface area contributed by atoms with Crippen molar-refractivity contribution in [2.75, 3.05) is 18.4 Å². The Morgan fingerprint density at radius 1 is 1.30 bits per heavy atom. The van der Waals surface area contributed by atoms with Crippen LogP contribution < -0.4 is 10.6 Å². The van der Waals surface area contributed by atoms with Crippen LogP contribution in [-0.4, -0.2) is 19.0 Å². The van der Waals surface area contributed by atoms with Crippen LogP contribution in [0.1, 0.15) is 54.9 Å². The molecule has 0 unspecified atom stereocenters. The number of anilines is 1. The number of amides is 1. The number of rotatable bonds is 6. The van der Waals surface area contributed by atoms with E-state index in [1.165, 1.54) is 31.2 Å². The molecule has 2 N–H and O–H groups in total. The fourth-order valence-corrected chi connectivity index (χ4v) is 2.98. The van der Waals surface area contributed by atoms with Crippen LogP contribution in [0.25, 0.3) is 0 Å². The highest BCUT2D eigenvalue weighted by molar-refractivity contribution is 5.99. The van der Waals surface area contributed by atoms with Gasteiger partial charge in [-0.25, -0.2) is 0 Å². The second-order valence-corrected chi connectivity index (χ2v) is 5.77. The molecule has 2 rings (SSSR count). The second kappa shape index (κ2) is 7.32. The largest absolute Gasteiger partial charge is 0.385 e. The highest BCUT2D eigenvalue weighted by Crippen LogP contribution is 2.27. The van der Waals surface area contributed by atoms with E-state index >= 15 is 0 Å². The third-order valence-corrected chi connectivity index (χ3v) is 4.10. The first-order valence-corrected chi connectivity index (χ1v) is 7.83. The normalized spacial score (nSPS) is 15.3. The Morgan fingerprint density at radius 3 is 2.75 bits per heavy atom. The first kappa shape index (κ1) is 14.9. The van der Waals surface area contributed by atoms with E-state index in [9.17, 15) is 4.79 Å². The molecule has 0 aliphatic heterocycles. The van der Waals surface area contributed by atoms with Gasteiger partial charge < -0.3 is 10.6 Å². The molecule has 1 aliphatic carbocycles. The Bertz CT molecular complexity index is 450. The summed E-state index contributed by atoms with van der Waals surface area (Å²) in [6.07, 6.45) is 6.52. The van der Waals surface area contributed by atoms with Gasteiger partial charge in [0.15, 0.2) is 0 Å². The van der Waals surface area contributed by atoms with Crippen molar-refractivity contribution in [2.24, 2.45) is 5.92 Å². The zero-order valence-corrected chi connectivity index (χ0v) is 12.7. The smallest absolute Gasteiger partial charge is 0.253 e. The molecule has 0 heterocycles. The van der Waals surface area contributed by atoms with Crippen LogP contribution in [0, 0.1) is 12.8 Å². The fraction of sp³-hybridized carbons (Fsp3) is 0.588. The number of carbonyl (C=O) groups is 1. The Kier molecular flexibility index (Phi) is 5.45. The molecule has 1 aliphatic rings. The lowest BCUT2D eigenvalue weighted by atomic mass is 10.0. The zero-order valence-electron chi connectivity index (χ0n) is 12.7. The average Bonchev–Trinajstić information content (AvgIpc) is 2.92. The Morgan fingerprint density at radius 2 is 2.05 bits per heavy atom. The molecule has 1 fully saturated rings. The van der Waals surface area contributed by atoms with Gasteiger partial charge in [0.2, 0.25) is 0 Å². The van der Waals surface area contributed by atoms with Gasteiger partial charge in [-0.05, 0) is 43.9 Å². The predicted molar refractivity (Wildman–Crippen MR) is 84.3 cm³/mol. The van der Waals surface area contributed by atoms with Gasteiger partial charge in [0.05, 0.1) is 5.56 Å². The maximum absolute atomic E-state index is 12.3. The molecule has 0 aromatic heterocycles. The highest BCUT2D eigenvalue weighted by Gasteiger charge is 2.16. The van der Waals surface area contributed by atoms with Crippen LogP contribution in [0.15, 0.2) is 18.2 Å². The Labute approximate surface area is 122 Å². The number of benzene rings is 1. The van der Waals surface area contributed by atoms with Gasteiger partial charge in [-0.2, -0.15) is 0 Å². The number of aryl methyl sites for hydroxylation is 1. The number of carbonyl (C=O) groups excluding carboxylic acids is 1. The molecule has 1 amide bonds. The highest BCUT2D eigenvalue weighted by atomic mass is 16.1. The van der Waals surface area contributed by atoms with E-state index < -0.39 is 0 Å². The van der Waals surface area contributed by atoms with E-state index in [4.69, 9.17) is 0 Å². The summed E-state index contributed by atoms with van der Waals surface area (Å²) in [4.78, 5) is 12.3. The maximum Gasteiger partial charge on any atom is 0.253 e. The summed E-state index contributed by atoms with van der Waals surface area (Å²) in [7, 11) is 0.